The van der Waals surface area contributed by atoms with E-state index >= 15 is 0 Å². The molecule has 1 saturated heterocycles. The molecule has 124 valence electrons. The lowest BCUT2D eigenvalue weighted by Gasteiger charge is -2.34. The number of nitrogens with zero attached hydrogens (tertiary/aromatic N) is 3. The van der Waals surface area contributed by atoms with Crippen molar-refractivity contribution in [1.29, 1.82) is 0 Å². The summed E-state index contributed by atoms with van der Waals surface area (Å²) in [6, 6.07) is 6.76. The van der Waals surface area contributed by atoms with E-state index in [0.29, 0.717) is 6.04 Å². The third-order valence-electron chi connectivity index (χ3n) is 4.24. The molecule has 2 heterocycles. The standard InChI is InChI=1S/C18H25N3O2/c1-13-5-6-16-15(11-13)19-12-21(16)14-7-9-20(10-8-14)17(22)23-18(2,3)4/h5-6,11-12,14H,7-10H2,1-4H3. The number of ether oxygens (including phenoxy) is 1. The highest BCUT2D eigenvalue weighted by molar-refractivity contribution is 5.76. The lowest BCUT2D eigenvalue weighted by molar-refractivity contribution is 0.0189. The number of benzene rings is 1. The maximum absolute atomic E-state index is 12.1. The number of rotatable bonds is 1. The van der Waals surface area contributed by atoms with Gasteiger partial charge in [-0.05, 0) is 58.2 Å². The van der Waals surface area contributed by atoms with E-state index in [9.17, 15) is 4.79 Å². The van der Waals surface area contributed by atoms with Crippen molar-refractivity contribution in [1.82, 2.24) is 14.5 Å². The average Bonchev–Trinajstić information content (AvgIpc) is 2.88. The first-order valence-corrected chi connectivity index (χ1v) is 8.24. The van der Waals surface area contributed by atoms with Gasteiger partial charge >= 0.3 is 6.09 Å². The van der Waals surface area contributed by atoms with Gasteiger partial charge in [0.1, 0.15) is 5.60 Å². The molecule has 0 bridgehead atoms. The van der Waals surface area contributed by atoms with Crippen LogP contribution in [0.25, 0.3) is 11.0 Å². The summed E-state index contributed by atoms with van der Waals surface area (Å²) in [5.74, 6) is 0. The minimum atomic E-state index is -0.438. The van der Waals surface area contributed by atoms with E-state index in [1.165, 1.54) is 11.1 Å². The highest BCUT2D eigenvalue weighted by Gasteiger charge is 2.27. The van der Waals surface area contributed by atoms with Crippen LogP contribution in [-0.4, -0.2) is 39.2 Å². The van der Waals surface area contributed by atoms with Gasteiger partial charge in [-0.2, -0.15) is 0 Å². The molecule has 0 saturated carbocycles. The van der Waals surface area contributed by atoms with Crippen molar-refractivity contribution >= 4 is 17.1 Å². The Morgan fingerprint density at radius 1 is 1.26 bits per heavy atom. The molecule has 1 aliphatic rings. The number of amides is 1. The Labute approximate surface area is 137 Å². The molecule has 0 unspecified atom stereocenters. The van der Waals surface area contributed by atoms with Crippen molar-refractivity contribution in [3.8, 4) is 0 Å². The Morgan fingerprint density at radius 2 is 1.96 bits per heavy atom. The lowest BCUT2D eigenvalue weighted by Crippen LogP contribution is -2.42. The summed E-state index contributed by atoms with van der Waals surface area (Å²) in [4.78, 5) is 18.5. The topological polar surface area (TPSA) is 47.4 Å². The number of hydrogen-bond acceptors (Lipinski definition) is 3. The van der Waals surface area contributed by atoms with Crippen molar-refractivity contribution in [3.05, 3.63) is 30.1 Å². The molecule has 23 heavy (non-hydrogen) atoms. The molecule has 1 fully saturated rings. The first-order valence-electron chi connectivity index (χ1n) is 8.24. The van der Waals surface area contributed by atoms with E-state index in [1.54, 1.807) is 0 Å². The molecule has 5 heteroatoms. The van der Waals surface area contributed by atoms with E-state index in [1.807, 2.05) is 32.0 Å². The molecule has 0 radical (unpaired) electrons. The van der Waals surface area contributed by atoms with Crippen LogP contribution in [0.2, 0.25) is 0 Å². The molecule has 1 amide bonds. The van der Waals surface area contributed by atoms with Crippen molar-refractivity contribution in [2.24, 2.45) is 0 Å². The second kappa shape index (κ2) is 5.87. The van der Waals surface area contributed by atoms with E-state index < -0.39 is 5.60 Å². The van der Waals surface area contributed by atoms with Gasteiger partial charge in [-0.15, -0.1) is 0 Å². The molecule has 0 spiro atoms. The van der Waals surface area contributed by atoms with Gasteiger partial charge in [0.25, 0.3) is 0 Å². The smallest absolute Gasteiger partial charge is 0.410 e. The van der Waals surface area contributed by atoms with Gasteiger partial charge < -0.3 is 14.2 Å². The van der Waals surface area contributed by atoms with Crippen LogP contribution in [0.5, 0.6) is 0 Å². The Hall–Kier alpha value is -2.04. The maximum Gasteiger partial charge on any atom is 0.410 e. The number of fused-ring (bicyclic) bond motifs is 1. The van der Waals surface area contributed by atoms with Gasteiger partial charge in [-0.1, -0.05) is 6.07 Å². The number of hydrogen-bond donors (Lipinski definition) is 0. The van der Waals surface area contributed by atoms with Crippen LogP contribution in [0, 0.1) is 6.92 Å². The third kappa shape index (κ3) is 3.49. The van der Waals surface area contributed by atoms with Crippen molar-refractivity contribution in [2.75, 3.05) is 13.1 Å². The summed E-state index contributed by atoms with van der Waals surface area (Å²) in [5.41, 5.74) is 3.00. The highest BCUT2D eigenvalue weighted by atomic mass is 16.6. The van der Waals surface area contributed by atoms with E-state index in [2.05, 4.69) is 34.7 Å². The van der Waals surface area contributed by atoms with Crippen LogP contribution in [0.1, 0.15) is 45.2 Å². The predicted octanol–water partition coefficient (Wildman–Crippen LogP) is 3.92. The SMILES string of the molecule is Cc1ccc2c(c1)ncn2C1CCN(C(=O)OC(C)(C)C)CC1. The molecule has 0 atom stereocenters. The summed E-state index contributed by atoms with van der Waals surface area (Å²) in [6.07, 6.45) is 3.58. The molecule has 2 aromatic rings. The summed E-state index contributed by atoms with van der Waals surface area (Å²) in [7, 11) is 0. The Balaban J connectivity index is 1.67. The number of aryl methyl sites for hydroxylation is 1. The number of imidazole rings is 1. The van der Waals surface area contributed by atoms with E-state index in [-0.39, 0.29) is 6.09 Å². The first kappa shape index (κ1) is 15.8. The summed E-state index contributed by atoms with van der Waals surface area (Å²) in [6.45, 7) is 9.24. The fraction of sp³-hybridized carbons (Fsp3) is 0.556. The largest absolute Gasteiger partial charge is 0.444 e. The van der Waals surface area contributed by atoms with Crippen LogP contribution in [0.3, 0.4) is 0 Å². The molecule has 3 rings (SSSR count). The second-order valence-corrected chi connectivity index (χ2v) is 7.34. The van der Waals surface area contributed by atoms with Crippen molar-refractivity contribution in [3.63, 3.8) is 0 Å². The Kier molecular flexibility index (Phi) is 4.04. The van der Waals surface area contributed by atoms with Crippen molar-refractivity contribution in [2.45, 2.75) is 52.2 Å². The lowest BCUT2D eigenvalue weighted by atomic mass is 10.0. The van der Waals surface area contributed by atoms with Gasteiger partial charge in [0.05, 0.1) is 17.4 Å². The van der Waals surface area contributed by atoms with Crippen LogP contribution in [-0.2, 0) is 4.74 Å². The zero-order chi connectivity index (χ0) is 16.6. The van der Waals surface area contributed by atoms with E-state index in [4.69, 9.17) is 4.74 Å². The number of carbonyl (C=O) groups is 1. The quantitative estimate of drug-likeness (QED) is 0.801. The molecule has 0 N–H and O–H groups in total. The van der Waals surface area contributed by atoms with Crippen LogP contribution in [0.15, 0.2) is 24.5 Å². The first-order chi connectivity index (χ1) is 10.8. The predicted molar refractivity (Wildman–Crippen MR) is 90.5 cm³/mol. The zero-order valence-corrected chi connectivity index (χ0v) is 14.4. The van der Waals surface area contributed by atoms with Gasteiger partial charge in [-0.3, -0.25) is 0 Å². The van der Waals surface area contributed by atoms with E-state index in [0.717, 1.165) is 31.4 Å². The molecule has 1 aromatic heterocycles. The minimum Gasteiger partial charge on any atom is -0.444 e. The monoisotopic (exact) mass is 315 g/mol. The highest BCUT2D eigenvalue weighted by Crippen LogP contribution is 2.27. The average molecular weight is 315 g/mol. The fourth-order valence-corrected chi connectivity index (χ4v) is 3.09. The van der Waals surface area contributed by atoms with Crippen LogP contribution >= 0.6 is 0 Å². The van der Waals surface area contributed by atoms with Crippen molar-refractivity contribution < 1.29 is 9.53 Å². The second-order valence-electron chi connectivity index (χ2n) is 7.34. The van der Waals surface area contributed by atoms with Gasteiger partial charge in [0, 0.05) is 19.1 Å². The Bertz CT molecular complexity index is 707. The maximum atomic E-state index is 12.1. The van der Waals surface area contributed by atoms with Gasteiger partial charge in [-0.25, -0.2) is 9.78 Å². The molecular weight excluding hydrogens is 290 g/mol. The van der Waals surface area contributed by atoms with Crippen LogP contribution < -0.4 is 0 Å². The molecular formula is C18H25N3O2. The Morgan fingerprint density at radius 3 is 2.61 bits per heavy atom. The number of carbonyl (C=O) groups excluding carboxylic acids is 1. The number of aromatic nitrogens is 2. The van der Waals surface area contributed by atoms with Crippen LogP contribution in [0.4, 0.5) is 4.79 Å². The molecule has 1 aliphatic heterocycles. The summed E-state index contributed by atoms with van der Waals surface area (Å²) >= 11 is 0. The summed E-state index contributed by atoms with van der Waals surface area (Å²) in [5, 5.41) is 0. The molecule has 1 aromatic carbocycles. The summed E-state index contributed by atoms with van der Waals surface area (Å²) < 4.78 is 7.71. The molecule has 5 nitrogen and oxygen atoms in total. The molecule has 0 aliphatic carbocycles. The zero-order valence-electron chi connectivity index (χ0n) is 14.4. The van der Waals surface area contributed by atoms with Gasteiger partial charge in [0.2, 0.25) is 0 Å². The fourth-order valence-electron chi connectivity index (χ4n) is 3.09. The normalized spacial score (nSPS) is 16.8. The minimum absolute atomic E-state index is 0.206. The third-order valence-corrected chi connectivity index (χ3v) is 4.24. The number of piperidine rings is 1. The van der Waals surface area contributed by atoms with Gasteiger partial charge in [0.15, 0.2) is 0 Å². The number of likely N-dealkylation sites (tertiary alicyclic amines) is 1.